The van der Waals surface area contributed by atoms with Gasteiger partial charge in [-0.1, -0.05) is 31.2 Å². The van der Waals surface area contributed by atoms with Crippen molar-refractivity contribution >= 4 is 24.0 Å². The van der Waals surface area contributed by atoms with Gasteiger partial charge in [0, 0.05) is 42.5 Å². The van der Waals surface area contributed by atoms with Crippen LogP contribution in [0.3, 0.4) is 0 Å². The van der Waals surface area contributed by atoms with E-state index >= 15 is 0 Å². The van der Waals surface area contributed by atoms with Crippen LogP contribution in [0.15, 0.2) is 53.9 Å². The van der Waals surface area contributed by atoms with E-state index in [0.717, 1.165) is 23.9 Å². The zero-order valence-electron chi connectivity index (χ0n) is 18.1. The highest BCUT2D eigenvalue weighted by Crippen LogP contribution is 2.52. The van der Waals surface area contributed by atoms with Gasteiger partial charge in [0.1, 0.15) is 0 Å². The van der Waals surface area contributed by atoms with Crippen LogP contribution in [-0.2, 0) is 0 Å². The summed E-state index contributed by atoms with van der Waals surface area (Å²) in [4.78, 5) is 5.93. The number of anilines is 1. The summed E-state index contributed by atoms with van der Waals surface area (Å²) in [6, 6.07) is 16.2. The molecule has 0 bridgehead atoms. The van der Waals surface area contributed by atoms with Crippen molar-refractivity contribution in [2.24, 2.45) is 0 Å². The Labute approximate surface area is 182 Å². The van der Waals surface area contributed by atoms with Crippen molar-refractivity contribution in [1.29, 1.82) is 0 Å². The van der Waals surface area contributed by atoms with Gasteiger partial charge in [-0.25, -0.2) is 0 Å². The number of hydrogen-bond donors (Lipinski definition) is 1. The predicted octanol–water partition coefficient (Wildman–Crippen LogP) is 6.55. The fraction of sp³-hybridized carbons (Fsp3) is 0.462. The van der Waals surface area contributed by atoms with Crippen LogP contribution < -0.4 is 4.90 Å². The molecule has 29 heavy (non-hydrogen) atoms. The summed E-state index contributed by atoms with van der Waals surface area (Å²) in [6.45, 7) is 11.1. The van der Waals surface area contributed by atoms with E-state index in [1.165, 1.54) is 42.6 Å². The van der Waals surface area contributed by atoms with E-state index < -0.39 is 0 Å². The van der Waals surface area contributed by atoms with E-state index in [0.29, 0.717) is 12.0 Å². The van der Waals surface area contributed by atoms with Gasteiger partial charge >= 0.3 is 0 Å². The minimum absolute atomic E-state index is 0.499. The molecule has 1 aliphatic heterocycles. The molecule has 0 amide bonds. The molecular weight excluding hydrogens is 372 g/mol. The molecule has 2 aromatic carbocycles. The van der Waals surface area contributed by atoms with Crippen molar-refractivity contribution in [3.8, 4) is 0 Å². The Kier molecular flexibility index (Phi) is 5.96. The zero-order chi connectivity index (χ0) is 20.5. The average molecular weight is 407 g/mol. The van der Waals surface area contributed by atoms with Gasteiger partial charge in [-0.05, 0) is 85.9 Å². The van der Waals surface area contributed by atoms with E-state index in [9.17, 15) is 0 Å². The first-order valence-electron chi connectivity index (χ1n) is 11.1. The number of fused-ring (bicyclic) bond motifs is 4. The summed E-state index contributed by atoms with van der Waals surface area (Å²) in [5, 5.41) is 0. The summed E-state index contributed by atoms with van der Waals surface area (Å²) in [5.41, 5.74) is 6.79. The second kappa shape index (κ2) is 8.47. The molecule has 1 aliphatic carbocycles. The van der Waals surface area contributed by atoms with E-state index in [4.69, 9.17) is 0 Å². The molecule has 2 unspecified atom stereocenters. The van der Waals surface area contributed by atoms with Crippen LogP contribution >= 0.6 is 12.6 Å². The largest absolute Gasteiger partial charge is 0.372 e. The van der Waals surface area contributed by atoms with E-state index in [1.807, 2.05) is 0 Å². The fourth-order valence-electron chi connectivity index (χ4n) is 4.98. The summed E-state index contributed by atoms with van der Waals surface area (Å²) < 4.78 is 0. The molecule has 2 aliphatic rings. The number of benzene rings is 2. The number of rotatable bonds is 4. The third kappa shape index (κ3) is 4.07. The minimum atomic E-state index is 0.499. The molecule has 2 aromatic rings. The third-order valence-corrected chi connectivity index (χ3v) is 7.30. The van der Waals surface area contributed by atoms with Gasteiger partial charge < -0.3 is 9.80 Å². The van der Waals surface area contributed by atoms with Crippen molar-refractivity contribution in [2.45, 2.75) is 62.3 Å². The molecule has 4 rings (SSSR count). The van der Waals surface area contributed by atoms with Crippen LogP contribution in [-0.4, -0.2) is 31.1 Å². The Balaban J connectivity index is 1.46. The monoisotopic (exact) mass is 406 g/mol. The molecule has 1 fully saturated rings. The minimum Gasteiger partial charge on any atom is -0.372 e. The maximum Gasteiger partial charge on any atom is 0.0366 e. The van der Waals surface area contributed by atoms with Gasteiger partial charge in [0.15, 0.2) is 0 Å². The molecular formula is C26H34N2S. The first-order chi connectivity index (χ1) is 14.0. The number of hydrogen-bond acceptors (Lipinski definition) is 3. The molecule has 3 heteroatoms. The van der Waals surface area contributed by atoms with Gasteiger partial charge in [0.05, 0.1) is 0 Å². The van der Waals surface area contributed by atoms with Crippen LogP contribution in [0.5, 0.6) is 0 Å². The Morgan fingerprint density at radius 1 is 1.00 bits per heavy atom. The van der Waals surface area contributed by atoms with Crippen molar-refractivity contribution < 1.29 is 0 Å². The molecule has 1 heterocycles. The van der Waals surface area contributed by atoms with Gasteiger partial charge in [0.25, 0.3) is 0 Å². The second-order valence-corrected chi connectivity index (χ2v) is 9.51. The summed E-state index contributed by atoms with van der Waals surface area (Å²) in [7, 11) is 2.15. The maximum atomic E-state index is 4.55. The molecule has 2 atom stereocenters. The van der Waals surface area contributed by atoms with Gasteiger partial charge in [-0.15, -0.1) is 12.6 Å². The van der Waals surface area contributed by atoms with Crippen LogP contribution in [0.4, 0.5) is 5.69 Å². The summed E-state index contributed by atoms with van der Waals surface area (Å²) in [5.74, 6) is 1.44. The molecule has 0 saturated carbocycles. The fourth-order valence-corrected chi connectivity index (χ4v) is 5.20. The Morgan fingerprint density at radius 3 is 2.45 bits per heavy atom. The topological polar surface area (TPSA) is 6.48 Å². The summed E-state index contributed by atoms with van der Waals surface area (Å²) in [6.07, 6.45) is 5.06. The summed E-state index contributed by atoms with van der Waals surface area (Å²) >= 11 is 4.55. The van der Waals surface area contributed by atoms with E-state index in [2.05, 4.69) is 92.4 Å². The third-order valence-electron chi connectivity index (χ3n) is 7.02. The molecule has 0 spiro atoms. The van der Waals surface area contributed by atoms with Crippen LogP contribution in [0, 0.1) is 0 Å². The average Bonchev–Trinajstić information content (AvgIpc) is 2.80. The number of thiol groups is 1. The molecule has 0 aromatic heterocycles. The van der Waals surface area contributed by atoms with Crippen LogP contribution in [0.2, 0.25) is 0 Å². The smallest absolute Gasteiger partial charge is 0.0366 e. The maximum absolute atomic E-state index is 4.55. The lowest BCUT2D eigenvalue weighted by molar-refractivity contribution is 0.359. The lowest BCUT2D eigenvalue weighted by Gasteiger charge is -2.40. The molecule has 2 nitrogen and oxygen atoms in total. The van der Waals surface area contributed by atoms with Crippen molar-refractivity contribution in [3.05, 3.63) is 65.7 Å². The van der Waals surface area contributed by atoms with Gasteiger partial charge in [0.2, 0.25) is 0 Å². The van der Waals surface area contributed by atoms with E-state index in [1.54, 1.807) is 11.1 Å². The number of nitrogens with zero attached hydrogens (tertiary/aromatic N) is 2. The normalized spacial score (nSPS) is 21.3. The standard InChI is InChI=1S/C26H34N2S/c1-18(2)27(4)21-10-8-20(9-11-21)19(3)28-15-6-5-7-23-25(14-16-28)24-13-12-22(29)17-26(23)24/h8-13,17-18,23,25,29H,3,5-7,14-16H2,1-2,4H3. The lowest BCUT2D eigenvalue weighted by atomic mass is 9.65. The first-order valence-corrected chi connectivity index (χ1v) is 11.5. The lowest BCUT2D eigenvalue weighted by Crippen LogP contribution is -2.29. The highest BCUT2D eigenvalue weighted by molar-refractivity contribution is 7.80. The predicted molar refractivity (Wildman–Crippen MR) is 128 cm³/mol. The second-order valence-electron chi connectivity index (χ2n) is 9.00. The molecule has 0 radical (unpaired) electrons. The van der Waals surface area contributed by atoms with Crippen LogP contribution in [0.25, 0.3) is 5.70 Å². The first kappa shape index (κ1) is 20.4. The Morgan fingerprint density at radius 2 is 1.72 bits per heavy atom. The van der Waals surface area contributed by atoms with Crippen LogP contribution in [0.1, 0.15) is 68.1 Å². The van der Waals surface area contributed by atoms with Gasteiger partial charge in [-0.3, -0.25) is 0 Å². The quantitative estimate of drug-likeness (QED) is 0.575. The van der Waals surface area contributed by atoms with Crippen molar-refractivity contribution in [1.82, 2.24) is 4.90 Å². The zero-order valence-corrected chi connectivity index (χ0v) is 19.0. The van der Waals surface area contributed by atoms with Gasteiger partial charge in [-0.2, -0.15) is 0 Å². The molecule has 0 N–H and O–H groups in total. The highest BCUT2D eigenvalue weighted by atomic mass is 32.1. The highest BCUT2D eigenvalue weighted by Gasteiger charge is 2.37. The Bertz CT molecular complexity index is 871. The van der Waals surface area contributed by atoms with Crippen molar-refractivity contribution in [3.63, 3.8) is 0 Å². The molecule has 1 saturated heterocycles. The molecule has 154 valence electrons. The SMILES string of the molecule is C=C(c1ccc(N(C)C(C)C)cc1)N1CCCCC2c3cc(S)ccc3C2CC1. The Hall–Kier alpha value is -1.87. The van der Waals surface area contributed by atoms with E-state index in [-0.39, 0.29) is 0 Å². The van der Waals surface area contributed by atoms with Crippen molar-refractivity contribution in [2.75, 3.05) is 25.0 Å².